The second-order valence-corrected chi connectivity index (χ2v) is 14.0. The van der Waals surface area contributed by atoms with E-state index in [1.165, 1.54) is 44.1 Å². The van der Waals surface area contributed by atoms with Crippen LogP contribution in [0.15, 0.2) is 29.3 Å². The van der Waals surface area contributed by atoms with E-state index in [4.69, 9.17) is 4.74 Å². The summed E-state index contributed by atoms with van der Waals surface area (Å²) in [4.78, 5) is 40.1. The third-order valence-corrected chi connectivity index (χ3v) is 9.98. The molecule has 3 saturated carbocycles. The number of aryl methyl sites for hydroxylation is 1. The summed E-state index contributed by atoms with van der Waals surface area (Å²) in [6.45, 7) is 7.76. The number of carboxylic acid groups (broad SMARTS) is 1. The van der Waals surface area contributed by atoms with Crippen LogP contribution >= 0.6 is 0 Å². The molecular weight excluding hydrogens is 566 g/mol. The molecule has 8 nitrogen and oxygen atoms in total. The summed E-state index contributed by atoms with van der Waals surface area (Å²) in [5.41, 5.74) is 2.35. The largest absolute Gasteiger partial charge is 0.481 e. The van der Waals surface area contributed by atoms with Crippen molar-refractivity contribution in [2.24, 2.45) is 22.7 Å². The minimum atomic E-state index is -0.672. The third kappa shape index (κ3) is 14.1. The number of hydrogen-bond acceptors (Lipinski definition) is 5. The molecule has 0 saturated heterocycles. The van der Waals surface area contributed by atoms with Gasteiger partial charge in [0, 0.05) is 19.1 Å². The highest BCUT2D eigenvalue weighted by Crippen LogP contribution is 2.32. The van der Waals surface area contributed by atoms with E-state index in [9.17, 15) is 19.5 Å². The Kier molecular flexibility index (Phi) is 16.7. The van der Waals surface area contributed by atoms with Crippen molar-refractivity contribution in [3.05, 3.63) is 35.4 Å². The summed E-state index contributed by atoms with van der Waals surface area (Å²) in [7, 11) is 0. The molecule has 1 unspecified atom stereocenters. The summed E-state index contributed by atoms with van der Waals surface area (Å²) in [5.74, 6) is -0.238. The highest BCUT2D eigenvalue weighted by Gasteiger charge is 2.27. The molecule has 0 heterocycles. The van der Waals surface area contributed by atoms with Gasteiger partial charge < -0.3 is 20.1 Å². The van der Waals surface area contributed by atoms with Crippen LogP contribution in [0.25, 0.3) is 0 Å². The van der Waals surface area contributed by atoms with Gasteiger partial charge in [-0.1, -0.05) is 95.0 Å². The van der Waals surface area contributed by atoms with Crippen LogP contribution in [0.1, 0.15) is 128 Å². The SMILES string of the molecule is Cc1ccc(CN(CCO[C@H]2CCC[C@@H](CCC(C(=O)O)C(C)C)C2)C(=O)NC2CCCCC2)cc1.O=C=NC1CCCCC1. The van der Waals surface area contributed by atoms with E-state index in [1.807, 2.05) is 18.7 Å². The number of nitrogens with zero attached hydrogens (tertiary/aromatic N) is 2. The molecule has 1 aromatic carbocycles. The van der Waals surface area contributed by atoms with Crippen LogP contribution in [0.3, 0.4) is 0 Å². The maximum atomic E-state index is 13.2. The first-order valence-corrected chi connectivity index (χ1v) is 17.8. The molecule has 1 aromatic rings. The first-order valence-electron chi connectivity index (χ1n) is 17.8. The molecule has 0 radical (unpaired) electrons. The van der Waals surface area contributed by atoms with Crippen LogP contribution < -0.4 is 5.32 Å². The standard InChI is InChI=1S/C30H48N2O4.C7H11NO/c1-22(2)28(29(33)34)17-16-24-8-7-11-27(20-24)36-19-18-32(21-25-14-12-23(3)13-15-25)30(35)31-26-9-5-4-6-10-26;9-6-8-7-4-2-1-3-5-7/h12-15,22,24,26-28H,4-11,16-21H2,1-3H3,(H,31,35)(H,33,34);7H,1-5H2/t24-,27-,28?;/m0./s1. The lowest BCUT2D eigenvalue weighted by molar-refractivity contribution is -0.143. The van der Waals surface area contributed by atoms with Crippen molar-refractivity contribution < 1.29 is 24.2 Å². The van der Waals surface area contributed by atoms with E-state index in [-0.39, 0.29) is 30.0 Å². The van der Waals surface area contributed by atoms with Gasteiger partial charge in [-0.05, 0) is 75.7 Å². The number of aliphatic imine (C=N–C) groups is 1. The number of amides is 2. The Morgan fingerprint density at radius 3 is 2.27 bits per heavy atom. The van der Waals surface area contributed by atoms with Gasteiger partial charge in [-0.3, -0.25) is 4.79 Å². The Bertz CT molecular complexity index is 1040. The van der Waals surface area contributed by atoms with Gasteiger partial charge in [-0.25, -0.2) is 14.6 Å². The molecule has 4 rings (SSSR count). The van der Waals surface area contributed by atoms with Crippen LogP contribution in [-0.4, -0.2) is 59.4 Å². The Hall–Kier alpha value is -2.70. The summed E-state index contributed by atoms with van der Waals surface area (Å²) in [6.07, 6.45) is 19.6. The average molecular weight is 626 g/mol. The number of aliphatic carboxylic acids is 1. The molecule has 2 amide bonds. The van der Waals surface area contributed by atoms with Crippen LogP contribution in [0.4, 0.5) is 4.79 Å². The number of hydrogen-bond donors (Lipinski definition) is 2. The Morgan fingerprint density at radius 1 is 0.978 bits per heavy atom. The zero-order chi connectivity index (χ0) is 32.4. The third-order valence-electron chi connectivity index (χ3n) is 9.98. The fourth-order valence-corrected chi connectivity index (χ4v) is 7.11. The van der Waals surface area contributed by atoms with E-state index in [0.29, 0.717) is 31.7 Å². The Labute approximate surface area is 271 Å². The van der Waals surface area contributed by atoms with Crippen molar-refractivity contribution in [2.75, 3.05) is 13.2 Å². The number of isocyanates is 1. The molecule has 3 aliphatic rings. The van der Waals surface area contributed by atoms with Gasteiger partial charge in [0.1, 0.15) is 0 Å². The van der Waals surface area contributed by atoms with Gasteiger partial charge in [0.05, 0.1) is 24.7 Å². The smallest absolute Gasteiger partial charge is 0.317 e. The fraction of sp³-hybridized carbons (Fsp3) is 0.757. The first kappa shape index (κ1) is 36.8. The van der Waals surface area contributed by atoms with Crippen LogP contribution in [0.2, 0.25) is 0 Å². The molecule has 0 spiro atoms. The second kappa shape index (κ2) is 20.4. The van der Waals surface area contributed by atoms with Crippen molar-refractivity contribution in [3.8, 4) is 0 Å². The molecule has 0 aliphatic heterocycles. The molecule has 0 aromatic heterocycles. The highest BCUT2D eigenvalue weighted by atomic mass is 16.5. The Balaban J connectivity index is 0.000000525. The number of carboxylic acids is 1. The molecule has 3 fully saturated rings. The molecule has 0 bridgehead atoms. The number of nitrogens with one attached hydrogen (secondary N) is 1. The van der Waals surface area contributed by atoms with Gasteiger partial charge in [0.25, 0.3) is 0 Å². The topological polar surface area (TPSA) is 108 Å². The molecule has 8 heteroatoms. The van der Waals surface area contributed by atoms with E-state index in [0.717, 1.165) is 69.8 Å². The number of carbonyl (C=O) groups is 2. The maximum absolute atomic E-state index is 13.2. The zero-order valence-corrected chi connectivity index (χ0v) is 28.2. The Morgan fingerprint density at radius 2 is 1.64 bits per heavy atom. The number of rotatable bonds is 13. The number of benzene rings is 1. The summed E-state index contributed by atoms with van der Waals surface area (Å²) in [6, 6.07) is 9.00. The van der Waals surface area contributed by atoms with Crippen molar-refractivity contribution in [1.29, 1.82) is 0 Å². The molecule has 252 valence electrons. The van der Waals surface area contributed by atoms with E-state index in [2.05, 4.69) is 41.5 Å². The average Bonchev–Trinajstić information content (AvgIpc) is 3.03. The molecular formula is C37H59N3O5. The maximum Gasteiger partial charge on any atom is 0.317 e. The van der Waals surface area contributed by atoms with Gasteiger partial charge >= 0.3 is 12.0 Å². The van der Waals surface area contributed by atoms with E-state index in [1.54, 1.807) is 6.08 Å². The zero-order valence-electron chi connectivity index (χ0n) is 28.2. The van der Waals surface area contributed by atoms with Crippen LogP contribution in [-0.2, 0) is 20.9 Å². The number of ether oxygens (including phenoxy) is 1. The minimum Gasteiger partial charge on any atom is -0.481 e. The lowest BCUT2D eigenvalue weighted by atomic mass is 9.81. The second-order valence-electron chi connectivity index (χ2n) is 14.0. The monoisotopic (exact) mass is 625 g/mol. The van der Waals surface area contributed by atoms with Crippen molar-refractivity contribution in [2.45, 2.75) is 148 Å². The van der Waals surface area contributed by atoms with Gasteiger partial charge in [-0.2, -0.15) is 0 Å². The molecule has 45 heavy (non-hydrogen) atoms. The fourth-order valence-electron chi connectivity index (χ4n) is 7.11. The number of urea groups is 1. The lowest BCUT2D eigenvalue weighted by Crippen LogP contribution is -2.46. The van der Waals surface area contributed by atoms with E-state index >= 15 is 0 Å². The molecule has 2 N–H and O–H groups in total. The first-order chi connectivity index (χ1) is 21.7. The lowest BCUT2D eigenvalue weighted by Gasteiger charge is -2.32. The van der Waals surface area contributed by atoms with Crippen molar-refractivity contribution in [1.82, 2.24) is 10.2 Å². The molecule has 3 atom stereocenters. The molecule has 3 aliphatic carbocycles. The van der Waals surface area contributed by atoms with Crippen LogP contribution in [0.5, 0.6) is 0 Å². The number of carbonyl (C=O) groups excluding carboxylic acids is 2. The van der Waals surface area contributed by atoms with Gasteiger partial charge in [0.2, 0.25) is 6.08 Å². The highest BCUT2D eigenvalue weighted by molar-refractivity contribution is 5.74. The summed E-state index contributed by atoms with van der Waals surface area (Å²) >= 11 is 0. The summed E-state index contributed by atoms with van der Waals surface area (Å²) < 4.78 is 6.30. The predicted molar refractivity (Wildman–Crippen MR) is 179 cm³/mol. The van der Waals surface area contributed by atoms with Crippen molar-refractivity contribution in [3.63, 3.8) is 0 Å². The van der Waals surface area contributed by atoms with Gasteiger partial charge in [-0.15, -0.1) is 0 Å². The predicted octanol–water partition coefficient (Wildman–Crippen LogP) is 8.21. The van der Waals surface area contributed by atoms with Gasteiger partial charge in [0.15, 0.2) is 0 Å². The van der Waals surface area contributed by atoms with E-state index < -0.39 is 5.97 Å². The minimum absolute atomic E-state index is 0.0148. The normalized spacial score (nSPS) is 21.6. The summed E-state index contributed by atoms with van der Waals surface area (Å²) in [5, 5.41) is 12.8. The van der Waals surface area contributed by atoms with Crippen LogP contribution in [0, 0.1) is 24.7 Å². The quantitative estimate of drug-likeness (QED) is 0.170. The van der Waals surface area contributed by atoms with Crippen molar-refractivity contribution >= 4 is 18.1 Å².